The molecule has 0 N–H and O–H groups in total. The summed E-state index contributed by atoms with van der Waals surface area (Å²) >= 11 is 3.86. The predicted octanol–water partition coefficient (Wildman–Crippen LogP) is 16.0. The van der Waals surface area contributed by atoms with Gasteiger partial charge < -0.3 is 0 Å². The van der Waals surface area contributed by atoms with Gasteiger partial charge in [0.25, 0.3) is 0 Å². The second-order valence-electron chi connectivity index (χ2n) is 14.3. The van der Waals surface area contributed by atoms with Crippen molar-refractivity contribution in [3.05, 3.63) is 182 Å². The lowest BCUT2D eigenvalue weighted by molar-refractivity contribution is 1.66. The number of thiophene rings is 2. The Kier molecular flexibility index (Phi) is 6.48. The molecule has 250 valence electrons. The van der Waals surface area contributed by atoms with Gasteiger partial charge >= 0.3 is 0 Å². The molecule has 0 fully saturated rings. The van der Waals surface area contributed by atoms with Gasteiger partial charge in [-0.15, -0.1) is 22.7 Å². The van der Waals surface area contributed by atoms with E-state index in [9.17, 15) is 0 Å². The summed E-state index contributed by atoms with van der Waals surface area (Å²) in [6.07, 6.45) is 0. The molecular formula is C52H30S2. The zero-order valence-corrected chi connectivity index (χ0v) is 30.8. The van der Waals surface area contributed by atoms with Crippen molar-refractivity contribution in [2.45, 2.75) is 0 Å². The minimum atomic E-state index is 1.24. The highest BCUT2D eigenvalue weighted by Gasteiger charge is 2.22. The SMILES string of the molecule is c1ccc(-c2c3ccccc3c(-c3ccc(-c4cc5sc6ccccc6c5c5c4sc4cc6ccccc6cc45)c4ccccc34)c3ccccc23)cc1. The first-order chi connectivity index (χ1) is 26.8. The average molecular weight is 719 g/mol. The summed E-state index contributed by atoms with van der Waals surface area (Å²) in [7, 11) is 0. The first-order valence-corrected chi connectivity index (χ1v) is 20.1. The van der Waals surface area contributed by atoms with Crippen LogP contribution in [0.2, 0.25) is 0 Å². The third-order valence-corrected chi connectivity index (χ3v) is 13.7. The van der Waals surface area contributed by atoms with Crippen molar-refractivity contribution in [3.8, 4) is 33.4 Å². The van der Waals surface area contributed by atoms with Crippen LogP contribution >= 0.6 is 22.7 Å². The summed E-state index contributed by atoms with van der Waals surface area (Å²) in [5, 5.41) is 15.7. The first kappa shape index (κ1) is 30.2. The Balaban J connectivity index is 1.19. The Bertz CT molecular complexity index is 3430. The third kappa shape index (κ3) is 4.30. The fourth-order valence-corrected chi connectivity index (χ4v) is 11.6. The Morgan fingerprint density at radius 1 is 0.278 bits per heavy atom. The molecule has 0 aliphatic carbocycles. The lowest BCUT2D eigenvalue weighted by Crippen LogP contribution is -1.92. The van der Waals surface area contributed by atoms with Crippen LogP contribution in [0, 0.1) is 0 Å². The van der Waals surface area contributed by atoms with E-state index in [0.717, 1.165) is 0 Å². The summed E-state index contributed by atoms with van der Waals surface area (Å²) in [6, 6.07) is 67.7. The minimum Gasteiger partial charge on any atom is -0.135 e. The number of rotatable bonds is 3. The monoisotopic (exact) mass is 718 g/mol. The Hall–Kier alpha value is -6.32. The molecule has 0 nitrogen and oxygen atoms in total. The van der Waals surface area contributed by atoms with Gasteiger partial charge in [-0.1, -0.05) is 158 Å². The quantitative estimate of drug-likeness (QED) is 0.160. The average Bonchev–Trinajstić information content (AvgIpc) is 3.79. The van der Waals surface area contributed by atoms with Crippen molar-refractivity contribution >= 4 is 106 Å². The second-order valence-corrected chi connectivity index (χ2v) is 16.4. The fourth-order valence-electron chi connectivity index (χ4n) is 9.13. The molecule has 2 heterocycles. The predicted molar refractivity (Wildman–Crippen MR) is 239 cm³/mol. The molecule has 0 aliphatic rings. The molecule has 0 spiro atoms. The molecule has 0 saturated carbocycles. The van der Waals surface area contributed by atoms with Crippen molar-refractivity contribution in [2.75, 3.05) is 0 Å². The van der Waals surface area contributed by atoms with Gasteiger partial charge in [-0.3, -0.25) is 0 Å². The van der Waals surface area contributed by atoms with Gasteiger partial charge in [-0.2, -0.15) is 0 Å². The Morgan fingerprint density at radius 3 is 1.52 bits per heavy atom. The van der Waals surface area contributed by atoms with E-state index in [1.807, 2.05) is 22.7 Å². The summed E-state index contributed by atoms with van der Waals surface area (Å²) in [5.74, 6) is 0. The van der Waals surface area contributed by atoms with Crippen molar-refractivity contribution < 1.29 is 0 Å². The molecule has 12 aromatic rings. The maximum absolute atomic E-state index is 2.48. The first-order valence-electron chi connectivity index (χ1n) is 18.5. The second kappa shape index (κ2) is 11.6. The van der Waals surface area contributed by atoms with Crippen LogP contribution < -0.4 is 0 Å². The topological polar surface area (TPSA) is 0 Å². The normalized spacial score (nSPS) is 12.1. The van der Waals surface area contributed by atoms with E-state index >= 15 is 0 Å². The van der Waals surface area contributed by atoms with E-state index in [-0.39, 0.29) is 0 Å². The molecule has 12 rings (SSSR count). The molecule has 10 aromatic carbocycles. The lowest BCUT2D eigenvalue weighted by atomic mass is 9.83. The number of hydrogen-bond acceptors (Lipinski definition) is 2. The van der Waals surface area contributed by atoms with E-state index < -0.39 is 0 Å². The van der Waals surface area contributed by atoms with Gasteiger partial charge in [-0.05, 0) is 95.2 Å². The van der Waals surface area contributed by atoms with Crippen LogP contribution in [0.15, 0.2) is 182 Å². The zero-order chi connectivity index (χ0) is 35.3. The molecule has 2 heteroatoms. The number of hydrogen-bond donors (Lipinski definition) is 0. The van der Waals surface area contributed by atoms with Crippen molar-refractivity contribution in [1.29, 1.82) is 0 Å². The van der Waals surface area contributed by atoms with Crippen LogP contribution in [0.4, 0.5) is 0 Å². The van der Waals surface area contributed by atoms with Gasteiger partial charge in [0, 0.05) is 45.9 Å². The van der Waals surface area contributed by atoms with E-state index in [0.29, 0.717) is 0 Å². The zero-order valence-electron chi connectivity index (χ0n) is 29.1. The maximum Gasteiger partial charge on any atom is 0.0441 e. The van der Waals surface area contributed by atoms with Crippen LogP contribution in [0.5, 0.6) is 0 Å². The van der Waals surface area contributed by atoms with E-state index in [1.165, 1.54) is 117 Å². The van der Waals surface area contributed by atoms with Gasteiger partial charge in [0.2, 0.25) is 0 Å². The summed E-state index contributed by atoms with van der Waals surface area (Å²) in [5.41, 5.74) is 7.69. The van der Waals surface area contributed by atoms with Crippen molar-refractivity contribution in [2.24, 2.45) is 0 Å². The maximum atomic E-state index is 2.48. The molecule has 0 amide bonds. The molecule has 0 radical (unpaired) electrons. The highest BCUT2D eigenvalue weighted by Crippen LogP contribution is 2.52. The van der Waals surface area contributed by atoms with Gasteiger partial charge in [0.15, 0.2) is 0 Å². The molecule has 0 atom stereocenters. The molecule has 0 aliphatic heterocycles. The van der Waals surface area contributed by atoms with E-state index in [4.69, 9.17) is 0 Å². The molecule has 0 bridgehead atoms. The van der Waals surface area contributed by atoms with Gasteiger partial charge in [0.1, 0.15) is 0 Å². The fraction of sp³-hybridized carbons (Fsp3) is 0. The van der Waals surface area contributed by atoms with Crippen LogP contribution in [0.1, 0.15) is 0 Å². The molecular weight excluding hydrogens is 689 g/mol. The molecule has 2 aromatic heterocycles. The molecule has 0 saturated heterocycles. The van der Waals surface area contributed by atoms with Crippen LogP contribution in [0.25, 0.3) is 117 Å². The van der Waals surface area contributed by atoms with Crippen LogP contribution in [-0.4, -0.2) is 0 Å². The van der Waals surface area contributed by atoms with Gasteiger partial charge in [0.05, 0.1) is 0 Å². The highest BCUT2D eigenvalue weighted by molar-refractivity contribution is 7.28. The molecule has 54 heavy (non-hydrogen) atoms. The summed E-state index contributed by atoms with van der Waals surface area (Å²) in [6.45, 7) is 0. The van der Waals surface area contributed by atoms with Crippen molar-refractivity contribution in [3.63, 3.8) is 0 Å². The largest absolute Gasteiger partial charge is 0.135 e. The Morgan fingerprint density at radius 2 is 0.815 bits per heavy atom. The van der Waals surface area contributed by atoms with Gasteiger partial charge in [-0.25, -0.2) is 0 Å². The summed E-state index contributed by atoms with van der Waals surface area (Å²) < 4.78 is 5.37. The standard InChI is InChI=1S/C52H30S2/c1-2-14-31(15-3-1)48-37-20-8-10-22-39(37)49(40-23-11-9-21-38(40)48)41-27-26-36(34-18-6-7-19-35(34)41)43-30-47-50(42-24-12-13-25-45(42)53-47)51-44-28-32-16-4-5-17-33(32)29-46(44)54-52(43)51/h1-30H. The smallest absolute Gasteiger partial charge is 0.0441 e. The molecule has 0 unspecified atom stereocenters. The van der Waals surface area contributed by atoms with E-state index in [1.54, 1.807) is 0 Å². The lowest BCUT2D eigenvalue weighted by Gasteiger charge is -2.20. The summed E-state index contributed by atoms with van der Waals surface area (Å²) in [4.78, 5) is 0. The third-order valence-electron chi connectivity index (χ3n) is 11.4. The minimum absolute atomic E-state index is 1.24. The Labute approximate surface area is 319 Å². The highest BCUT2D eigenvalue weighted by atomic mass is 32.1. The van der Waals surface area contributed by atoms with Crippen molar-refractivity contribution in [1.82, 2.24) is 0 Å². The number of fused-ring (bicyclic) bond motifs is 11. The van der Waals surface area contributed by atoms with Crippen LogP contribution in [-0.2, 0) is 0 Å². The van der Waals surface area contributed by atoms with E-state index in [2.05, 4.69) is 182 Å². The number of benzene rings is 10. The van der Waals surface area contributed by atoms with Crippen LogP contribution in [0.3, 0.4) is 0 Å².